The van der Waals surface area contributed by atoms with Crippen LogP contribution in [0.2, 0.25) is 0 Å². The Morgan fingerprint density at radius 1 is 1.27 bits per heavy atom. The predicted molar refractivity (Wildman–Crippen MR) is 95.0 cm³/mol. The number of ether oxygens (including phenoxy) is 2. The van der Waals surface area contributed by atoms with Crippen molar-refractivity contribution in [1.82, 2.24) is 4.90 Å². The molecule has 2 heterocycles. The van der Waals surface area contributed by atoms with Crippen molar-refractivity contribution in [1.29, 1.82) is 0 Å². The molecule has 7 heteroatoms. The van der Waals surface area contributed by atoms with Gasteiger partial charge in [0.2, 0.25) is 6.10 Å². The fraction of sp³-hybridized carbons (Fsp3) is 0.526. The number of para-hydroxylation sites is 1. The highest BCUT2D eigenvalue weighted by Crippen LogP contribution is 2.26. The number of nitrogens with zero attached hydrogens (tertiary/aromatic N) is 2. The Balaban J connectivity index is 1.56. The van der Waals surface area contributed by atoms with Gasteiger partial charge < -0.3 is 19.2 Å². The third-order valence-corrected chi connectivity index (χ3v) is 4.79. The zero-order valence-corrected chi connectivity index (χ0v) is 15.1. The Bertz CT molecular complexity index is 695. The molecule has 26 heavy (non-hydrogen) atoms. The molecule has 0 N–H and O–H groups in total. The molecule has 0 radical (unpaired) electrons. The molecule has 1 unspecified atom stereocenters. The third kappa shape index (κ3) is 3.81. The third-order valence-electron chi connectivity index (χ3n) is 4.79. The molecule has 1 fully saturated rings. The second-order valence-corrected chi connectivity index (χ2v) is 6.39. The normalized spacial score (nSPS) is 20.3. The molecule has 3 rings (SSSR count). The first kappa shape index (κ1) is 18.2. The minimum Gasteiger partial charge on any atom is -0.496 e. The first-order valence-electron chi connectivity index (χ1n) is 8.95. The molecule has 140 valence electrons. The quantitative estimate of drug-likeness (QED) is 0.751. The maximum absolute atomic E-state index is 12.7. The van der Waals surface area contributed by atoms with Gasteiger partial charge in [-0.15, -0.1) is 0 Å². The summed E-state index contributed by atoms with van der Waals surface area (Å²) in [7, 11) is 1.60. The van der Waals surface area contributed by atoms with Gasteiger partial charge in [-0.1, -0.05) is 17.3 Å². The number of oxime groups is 1. The van der Waals surface area contributed by atoms with E-state index >= 15 is 0 Å². The number of rotatable bonds is 5. The van der Waals surface area contributed by atoms with E-state index in [1.807, 2.05) is 24.3 Å². The van der Waals surface area contributed by atoms with Gasteiger partial charge in [-0.3, -0.25) is 9.59 Å². The highest BCUT2D eigenvalue weighted by molar-refractivity contribution is 6.05. The molecular weight excluding hydrogens is 336 g/mol. The van der Waals surface area contributed by atoms with Crippen LogP contribution >= 0.6 is 0 Å². The summed E-state index contributed by atoms with van der Waals surface area (Å²) in [6.45, 7) is 3.25. The fourth-order valence-electron chi connectivity index (χ4n) is 3.35. The van der Waals surface area contributed by atoms with Gasteiger partial charge in [-0.2, -0.15) is 0 Å². The number of amides is 1. The Morgan fingerprint density at radius 2 is 2.00 bits per heavy atom. The maximum atomic E-state index is 12.7. The molecule has 1 aromatic rings. The van der Waals surface area contributed by atoms with E-state index in [0.29, 0.717) is 50.4 Å². The predicted octanol–water partition coefficient (Wildman–Crippen LogP) is 1.99. The van der Waals surface area contributed by atoms with Crippen molar-refractivity contribution in [3.63, 3.8) is 0 Å². The van der Waals surface area contributed by atoms with Gasteiger partial charge in [0.25, 0.3) is 5.91 Å². The van der Waals surface area contributed by atoms with E-state index in [1.54, 1.807) is 18.9 Å². The summed E-state index contributed by atoms with van der Waals surface area (Å²) in [5.41, 5.74) is 1.55. The summed E-state index contributed by atoms with van der Waals surface area (Å²) in [5.74, 6) is 0.335. The van der Waals surface area contributed by atoms with E-state index in [1.165, 1.54) is 0 Å². The van der Waals surface area contributed by atoms with Crippen LogP contribution in [0.1, 0.15) is 31.7 Å². The van der Waals surface area contributed by atoms with Gasteiger partial charge in [0.15, 0.2) is 0 Å². The van der Waals surface area contributed by atoms with E-state index in [4.69, 9.17) is 14.3 Å². The van der Waals surface area contributed by atoms with Crippen LogP contribution in [-0.4, -0.2) is 55.4 Å². The zero-order chi connectivity index (χ0) is 18.5. The Labute approximate surface area is 152 Å². The summed E-state index contributed by atoms with van der Waals surface area (Å²) in [6.07, 6.45) is 1.04. The number of hydrogen-bond acceptors (Lipinski definition) is 6. The second-order valence-electron chi connectivity index (χ2n) is 6.39. The molecule has 7 nitrogen and oxygen atoms in total. The van der Waals surface area contributed by atoms with Crippen molar-refractivity contribution in [3.8, 4) is 5.75 Å². The maximum Gasteiger partial charge on any atom is 0.309 e. The standard InChI is InChI=1S/C19H24N2O5/c1-3-25-19(23)13-8-10-21(11-9-13)18(22)17-12-15(20-26-17)14-6-4-5-7-16(14)24-2/h4-7,13,17H,3,8-12H2,1-2H3. The average molecular weight is 360 g/mol. The number of esters is 1. The van der Waals surface area contributed by atoms with Crippen LogP contribution < -0.4 is 4.74 Å². The summed E-state index contributed by atoms with van der Waals surface area (Å²) in [6, 6.07) is 7.54. The van der Waals surface area contributed by atoms with Crippen LogP contribution in [0.4, 0.5) is 0 Å². The van der Waals surface area contributed by atoms with Crippen molar-refractivity contribution < 1.29 is 23.9 Å². The van der Waals surface area contributed by atoms with Crippen molar-refractivity contribution in [3.05, 3.63) is 29.8 Å². The molecule has 1 aromatic carbocycles. The fourth-order valence-corrected chi connectivity index (χ4v) is 3.35. The number of benzene rings is 1. The summed E-state index contributed by atoms with van der Waals surface area (Å²) < 4.78 is 10.4. The van der Waals surface area contributed by atoms with Crippen molar-refractivity contribution in [2.45, 2.75) is 32.3 Å². The number of carbonyl (C=O) groups is 2. The Morgan fingerprint density at radius 3 is 2.69 bits per heavy atom. The van der Waals surface area contributed by atoms with Gasteiger partial charge in [-0.05, 0) is 31.9 Å². The molecule has 0 aliphatic carbocycles. The first-order chi connectivity index (χ1) is 12.6. The molecule has 2 aliphatic heterocycles. The summed E-state index contributed by atoms with van der Waals surface area (Å²) in [5, 5.41) is 4.09. The lowest BCUT2D eigenvalue weighted by atomic mass is 9.96. The molecule has 1 atom stereocenters. The number of methoxy groups -OCH3 is 1. The van der Waals surface area contributed by atoms with Gasteiger partial charge in [0.1, 0.15) is 5.75 Å². The lowest BCUT2D eigenvalue weighted by Gasteiger charge is -2.31. The van der Waals surface area contributed by atoms with Gasteiger partial charge >= 0.3 is 5.97 Å². The van der Waals surface area contributed by atoms with Crippen LogP contribution in [0.25, 0.3) is 0 Å². The lowest BCUT2D eigenvalue weighted by Crippen LogP contribution is -2.45. The molecule has 2 aliphatic rings. The molecule has 0 saturated carbocycles. The van der Waals surface area contributed by atoms with Crippen LogP contribution in [0.3, 0.4) is 0 Å². The van der Waals surface area contributed by atoms with E-state index < -0.39 is 6.10 Å². The van der Waals surface area contributed by atoms with Crippen molar-refractivity contribution >= 4 is 17.6 Å². The molecule has 0 aromatic heterocycles. The molecule has 0 spiro atoms. The molecule has 1 amide bonds. The van der Waals surface area contributed by atoms with Crippen molar-refractivity contribution in [2.24, 2.45) is 11.1 Å². The van der Waals surface area contributed by atoms with Crippen LogP contribution in [0, 0.1) is 5.92 Å². The van der Waals surface area contributed by atoms with Gasteiger partial charge in [0, 0.05) is 25.1 Å². The number of carbonyl (C=O) groups excluding carboxylic acids is 2. The van der Waals surface area contributed by atoms with E-state index in [-0.39, 0.29) is 17.8 Å². The highest BCUT2D eigenvalue weighted by atomic mass is 16.6. The van der Waals surface area contributed by atoms with Gasteiger partial charge in [0.05, 0.1) is 25.3 Å². The SMILES string of the molecule is CCOC(=O)C1CCN(C(=O)C2CC(c3ccccc3OC)=NO2)CC1. The monoisotopic (exact) mass is 360 g/mol. The van der Waals surface area contributed by atoms with E-state index in [9.17, 15) is 9.59 Å². The van der Waals surface area contributed by atoms with Crippen LogP contribution in [0.15, 0.2) is 29.4 Å². The molecular formula is C19H24N2O5. The molecule has 1 saturated heterocycles. The van der Waals surface area contributed by atoms with Gasteiger partial charge in [-0.25, -0.2) is 0 Å². The largest absolute Gasteiger partial charge is 0.496 e. The number of likely N-dealkylation sites (tertiary alicyclic amines) is 1. The highest BCUT2D eigenvalue weighted by Gasteiger charge is 2.36. The summed E-state index contributed by atoms with van der Waals surface area (Å²) >= 11 is 0. The second kappa shape index (κ2) is 8.21. The first-order valence-corrected chi connectivity index (χ1v) is 8.95. The smallest absolute Gasteiger partial charge is 0.309 e. The molecule has 0 bridgehead atoms. The number of piperidine rings is 1. The summed E-state index contributed by atoms with van der Waals surface area (Å²) in [4.78, 5) is 31.7. The van der Waals surface area contributed by atoms with Crippen LogP contribution in [0.5, 0.6) is 5.75 Å². The minimum atomic E-state index is -0.617. The lowest BCUT2D eigenvalue weighted by molar-refractivity contribution is -0.153. The topological polar surface area (TPSA) is 77.4 Å². The van der Waals surface area contributed by atoms with E-state index in [2.05, 4.69) is 5.16 Å². The Kier molecular flexibility index (Phi) is 5.75. The average Bonchev–Trinajstić information content (AvgIpc) is 3.17. The van der Waals surface area contributed by atoms with E-state index in [0.717, 1.165) is 5.56 Å². The van der Waals surface area contributed by atoms with Crippen molar-refractivity contribution in [2.75, 3.05) is 26.8 Å². The number of hydrogen-bond donors (Lipinski definition) is 0. The van der Waals surface area contributed by atoms with Crippen LogP contribution in [-0.2, 0) is 19.2 Å². The Hall–Kier alpha value is -2.57. The minimum absolute atomic E-state index is 0.0824. The zero-order valence-electron chi connectivity index (χ0n) is 15.1.